The molecule has 0 spiro atoms. The highest BCUT2D eigenvalue weighted by molar-refractivity contribution is 6.30. The van der Waals surface area contributed by atoms with Crippen LogP contribution in [0.1, 0.15) is 41.6 Å². The molecular formula is C25H27ClN4O4. The van der Waals surface area contributed by atoms with Gasteiger partial charge in [-0.3, -0.25) is 9.69 Å². The molecule has 1 aliphatic rings. The van der Waals surface area contributed by atoms with E-state index in [2.05, 4.69) is 20.4 Å². The second-order valence-corrected chi connectivity index (χ2v) is 8.75. The van der Waals surface area contributed by atoms with Gasteiger partial charge in [-0.25, -0.2) is 4.79 Å². The number of esters is 1. The molecule has 0 bridgehead atoms. The highest BCUT2D eigenvalue weighted by Crippen LogP contribution is 2.24. The topological polar surface area (TPSA) is 97.6 Å². The largest absolute Gasteiger partial charge is 0.462 e. The van der Waals surface area contributed by atoms with Crippen molar-refractivity contribution >= 4 is 29.2 Å². The number of hydrogen-bond acceptors (Lipinski definition) is 7. The van der Waals surface area contributed by atoms with Crippen molar-refractivity contribution in [3.63, 3.8) is 0 Å². The number of likely N-dealkylation sites (tertiary alicyclic amines) is 1. The van der Waals surface area contributed by atoms with E-state index < -0.39 is 5.97 Å². The number of ether oxygens (including phenoxy) is 1. The first-order valence-corrected chi connectivity index (χ1v) is 11.7. The molecule has 178 valence electrons. The number of hydrogen-bond donors (Lipinski definition) is 1. The number of carbonyl (C=O) groups excluding carboxylic acids is 2. The average molecular weight is 483 g/mol. The molecule has 1 amide bonds. The van der Waals surface area contributed by atoms with Crippen LogP contribution in [0.15, 0.2) is 47.0 Å². The summed E-state index contributed by atoms with van der Waals surface area (Å²) in [7, 11) is 0. The number of nitrogens with one attached hydrogen (secondary N) is 1. The standard InChI is InChI=1S/C25H27ClN4O4/c1-3-33-25(32)19-8-7-16(2)21(14-19)27-24(31)17-9-11-30(12-10-17)15-22-28-23(29-34-22)18-5-4-6-20(26)13-18/h4-8,13-14,17H,3,9-12,15H2,1-2H3,(H,27,31). The molecule has 0 unspecified atom stereocenters. The number of amides is 1. The van der Waals surface area contributed by atoms with Crippen molar-refractivity contribution in [1.29, 1.82) is 0 Å². The molecule has 1 saturated heterocycles. The minimum absolute atomic E-state index is 0.0372. The first-order valence-electron chi connectivity index (χ1n) is 11.3. The van der Waals surface area contributed by atoms with Crippen molar-refractivity contribution in [1.82, 2.24) is 15.0 Å². The van der Waals surface area contributed by atoms with Crippen LogP contribution in [0.3, 0.4) is 0 Å². The molecule has 2 aromatic carbocycles. The number of nitrogens with zero attached hydrogens (tertiary/aromatic N) is 3. The average Bonchev–Trinajstić information content (AvgIpc) is 3.29. The Bertz CT molecular complexity index is 1170. The van der Waals surface area contributed by atoms with Crippen LogP contribution in [0.5, 0.6) is 0 Å². The third kappa shape index (κ3) is 5.81. The first-order chi connectivity index (χ1) is 16.4. The molecule has 9 heteroatoms. The maximum absolute atomic E-state index is 12.9. The normalized spacial score (nSPS) is 14.7. The van der Waals surface area contributed by atoms with Crippen LogP contribution in [0.25, 0.3) is 11.4 Å². The maximum Gasteiger partial charge on any atom is 0.338 e. The van der Waals surface area contributed by atoms with Crippen LogP contribution in [0, 0.1) is 12.8 Å². The zero-order valence-corrected chi connectivity index (χ0v) is 20.0. The number of halogens is 1. The summed E-state index contributed by atoms with van der Waals surface area (Å²) in [6.45, 7) is 5.98. The predicted octanol–water partition coefficient (Wildman–Crippen LogP) is 4.73. The Morgan fingerprint density at radius 1 is 1.21 bits per heavy atom. The number of rotatable bonds is 7. The van der Waals surface area contributed by atoms with Gasteiger partial charge in [0.05, 0.1) is 18.7 Å². The minimum atomic E-state index is -0.397. The molecule has 0 aliphatic carbocycles. The van der Waals surface area contributed by atoms with Crippen molar-refractivity contribution in [2.24, 2.45) is 5.92 Å². The summed E-state index contributed by atoms with van der Waals surface area (Å²) in [5, 5.41) is 7.66. The molecule has 1 aliphatic heterocycles. The number of aryl methyl sites for hydroxylation is 1. The van der Waals surface area contributed by atoms with E-state index in [9.17, 15) is 9.59 Å². The second-order valence-electron chi connectivity index (χ2n) is 8.31. The van der Waals surface area contributed by atoms with Gasteiger partial charge < -0.3 is 14.6 Å². The van der Waals surface area contributed by atoms with Gasteiger partial charge >= 0.3 is 5.97 Å². The van der Waals surface area contributed by atoms with Gasteiger partial charge in [-0.15, -0.1) is 0 Å². The summed E-state index contributed by atoms with van der Waals surface area (Å²) in [5.41, 5.74) is 2.76. The lowest BCUT2D eigenvalue weighted by Crippen LogP contribution is -2.37. The van der Waals surface area contributed by atoms with Gasteiger partial charge in [0.1, 0.15) is 0 Å². The Morgan fingerprint density at radius 2 is 2.00 bits per heavy atom. The van der Waals surface area contributed by atoms with Gasteiger partial charge in [-0.1, -0.05) is 35.0 Å². The van der Waals surface area contributed by atoms with Gasteiger partial charge in [-0.05, 0) is 69.6 Å². The lowest BCUT2D eigenvalue weighted by molar-refractivity contribution is -0.121. The number of aromatic nitrogens is 2. The van der Waals surface area contributed by atoms with Crippen LogP contribution in [0.4, 0.5) is 5.69 Å². The summed E-state index contributed by atoms with van der Waals surface area (Å²) < 4.78 is 10.5. The smallest absolute Gasteiger partial charge is 0.338 e. The Labute approximate surface area is 203 Å². The molecule has 0 atom stereocenters. The summed E-state index contributed by atoms with van der Waals surface area (Å²) in [5.74, 6) is 0.499. The van der Waals surface area contributed by atoms with Gasteiger partial charge in [0.25, 0.3) is 0 Å². The van der Waals surface area contributed by atoms with Crippen molar-refractivity contribution in [2.75, 3.05) is 25.0 Å². The van der Waals surface area contributed by atoms with Gasteiger partial charge in [-0.2, -0.15) is 4.98 Å². The molecule has 1 aromatic heterocycles. The van der Waals surface area contributed by atoms with E-state index in [0.29, 0.717) is 41.1 Å². The van der Waals surface area contributed by atoms with E-state index in [1.807, 2.05) is 25.1 Å². The van der Waals surface area contributed by atoms with Gasteiger partial charge in [0.2, 0.25) is 17.6 Å². The van der Waals surface area contributed by atoms with Gasteiger partial charge in [0, 0.05) is 22.2 Å². The second kappa shape index (κ2) is 10.8. The highest BCUT2D eigenvalue weighted by atomic mass is 35.5. The number of anilines is 1. The third-order valence-corrected chi connectivity index (χ3v) is 6.11. The van der Waals surface area contributed by atoms with E-state index >= 15 is 0 Å². The zero-order valence-electron chi connectivity index (χ0n) is 19.2. The molecule has 2 heterocycles. The minimum Gasteiger partial charge on any atom is -0.462 e. The molecule has 1 fully saturated rings. The quantitative estimate of drug-likeness (QED) is 0.486. The number of carbonyl (C=O) groups is 2. The fourth-order valence-corrected chi connectivity index (χ4v) is 4.13. The summed E-state index contributed by atoms with van der Waals surface area (Å²) in [4.78, 5) is 31.6. The van der Waals surface area contributed by atoms with E-state index in [1.165, 1.54) is 0 Å². The Balaban J connectivity index is 1.31. The maximum atomic E-state index is 12.9. The van der Waals surface area contributed by atoms with Crippen molar-refractivity contribution in [3.8, 4) is 11.4 Å². The monoisotopic (exact) mass is 482 g/mol. The van der Waals surface area contributed by atoms with Gasteiger partial charge in [0.15, 0.2) is 0 Å². The highest BCUT2D eigenvalue weighted by Gasteiger charge is 2.26. The zero-order chi connectivity index (χ0) is 24.1. The summed E-state index contributed by atoms with van der Waals surface area (Å²) in [6.07, 6.45) is 1.44. The number of benzene rings is 2. The van der Waals surface area contributed by atoms with E-state index in [0.717, 1.165) is 37.1 Å². The molecule has 0 saturated carbocycles. The van der Waals surface area contributed by atoms with Crippen molar-refractivity contribution in [2.45, 2.75) is 33.2 Å². The molecule has 3 aromatic rings. The lowest BCUT2D eigenvalue weighted by atomic mass is 9.95. The Hall–Kier alpha value is -3.23. The predicted molar refractivity (Wildman–Crippen MR) is 129 cm³/mol. The molecule has 34 heavy (non-hydrogen) atoms. The molecule has 0 radical (unpaired) electrons. The van der Waals surface area contributed by atoms with E-state index in [4.69, 9.17) is 20.9 Å². The van der Waals surface area contributed by atoms with Crippen LogP contribution in [-0.4, -0.2) is 46.6 Å². The van der Waals surface area contributed by atoms with E-state index in [-0.39, 0.29) is 11.8 Å². The fraction of sp³-hybridized carbons (Fsp3) is 0.360. The van der Waals surface area contributed by atoms with Crippen molar-refractivity contribution in [3.05, 3.63) is 64.5 Å². The van der Waals surface area contributed by atoms with E-state index in [1.54, 1.807) is 31.2 Å². The molecule has 4 rings (SSSR count). The Kier molecular flexibility index (Phi) is 7.59. The molecular weight excluding hydrogens is 456 g/mol. The lowest BCUT2D eigenvalue weighted by Gasteiger charge is -2.30. The first kappa shape index (κ1) is 23.9. The molecule has 8 nitrogen and oxygen atoms in total. The van der Waals surface area contributed by atoms with Crippen molar-refractivity contribution < 1.29 is 18.8 Å². The van der Waals surface area contributed by atoms with Crippen LogP contribution < -0.4 is 5.32 Å². The van der Waals surface area contributed by atoms with Crippen LogP contribution >= 0.6 is 11.6 Å². The third-order valence-electron chi connectivity index (χ3n) is 5.87. The van der Waals surface area contributed by atoms with Crippen LogP contribution in [-0.2, 0) is 16.1 Å². The Morgan fingerprint density at radius 3 is 2.74 bits per heavy atom. The molecule has 1 N–H and O–H groups in total. The number of piperidine rings is 1. The summed E-state index contributed by atoms with van der Waals surface area (Å²) in [6, 6.07) is 12.5. The summed E-state index contributed by atoms with van der Waals surface area (Å²) >= 11 is 6.04. The SMILES string of the molecule is CCOC(=O)c1ccc(C)c(NC(=O)C2CCN(Cc3nc(-c4cccc(Cl)c4)no3)CC2)c1. The van der Waals surface area contributed by atoms with Crippen LogP contribution in [0.2, 0.25) is 5.02 Å². The fourth-order valence-electron chi connectivity index (χ4n) is 3.94.